The Bertz CT molecular complexity index is 70.6. The van der Waals surface area contributed by atoms with E-state index in [4.69, 9.17) is 10.2 Å². The van der Waals surface area contributed by atoms with Crippen LogP contribution in [0.3, 0.4) is 0 Å². The van der Waals surface area contributed by atoms with Crippen LogP contribution in [0.1, 0.15) is 20.3 Å². The van der Waals surface area contributed by atoms with Crippen molar-refractivity contribution in [2.75, 3.05) is 13.2 Å². The van der Waals surface area contributed by atoms with E-state index in [9.17, 15) is 0 Å². The molecule has 62 valence electrons. The van der Waals surface area contributed by atoms with Crippen LogP contribution in [0.4, 0.5) is 0 Å². The third kappa shape index (κ3) is 6.26. The van der Waals surface area contributed by atoms with Crippen LogP contribution in [0.15, 0.2) is 0 Å². The monoisotopic (exact) mass is 161 g/mol. The molecule has 0 rings (SSSR count). The molecule has 0 amide bonds. The molecule has 0 spiro atoms. The van der Waals surface area contributed by atoms with Gasteiger partial charge in [-0.15, -0.1) is 0 Å². The quantitative estimate of drug-likeness (QED) is 0.455. The van der Waals surface area contributed by atoms with Gasteiger partial charge in [0.15, 0.2) is 9.76 Å². The Morgan fingerprint density at radius 1 is 1.60 bits per heavy atom. The number of hydrogen-bond donors (Lipinski definition) is 1. The highest BCUT2D eigenvalue weighted by molar-refractivity contribution is 6.26. The minimum Gasteiger partial charge on any atom is -0.424 e. The van der Waals surface area contributed by atoms with Crippen molar-refractivity contribution < 1.29 is 4.43 Å². The highest BCUT2D eigenvalue weighted by Gasteiger charge is 1.97. The van der Waals surface area contributed by atoms with E-state index >= 15 is 0 Å². The number of hydrogen-bond acceptors (Lipinski definition) is 2. The van der Waals surface area contributed by atoms with E-state index in [0.29, 0.717) is 5.92 Å². The first-order chi connectivity index (χ1) is 4.81. The fourth-order valence-electron chi connectivity index (χ4n) is 0.796. The van der Waals surface area contributed by atoms with Gasteiger partial charge in [-0.3, -0.25) is 0 Å². The summed E-state index contributed by atoms with van der Waals surface area (Å²) in [5.74, 6) is 0.688. The van der Waals surface area contributed by atoms with Gasteiger partial charge in [-0.2, -0.15) is 0 Å². The zero-order valence-electron chi connectivity index (χ0n) is 7.10. The summed E-state index contributed by atoms with van der Waals surface area (Å²) < 4.78 is 5.33. The average Bonchev–Trinajstić information content (AvgIpc) is 1.98. The molecule has 0 bridgehead atoms. The molecule has 1 atom stereocenters. The SMILES string of the molecule is CCO[SiH2]CCC(C)CN. The summed E-state index contributed by atoms with van der Waals surface area (Å²) in [5, 5.41) is 0. The predicted octanol–water partition coefficient (Wildman–Crippen LogP) is 0.510. The first kappa shape index (κ1) is 10.1. The highest BCUT2D eigenvalue weighted by atomic mass is 28.2. The Morgan fingerprint density at radius 3 is 2.80 bits per heavy atom. The summed E-state index contributed by atoms with van der Waals surface area (Å²) in [6.45, 7) is 5.96. The molecule has 1 unspecified atom stereocenters. The summed E-state index contributed by atoms with van der Waals surface area (Å²) in [5.41, 5.74) is 5.46. The summed E-state index contributed by atoms with van der Waals surface area (Å²) in [4.78, 5) is 0. The van der Waals surface area contributed by atoms with Crippen molar-refractivity contribution in [3.63, 3.8) is 0 Å². The van der Waals surface area contributed by atoms with Gasteiger partial charge in [-0.1, -0.05) is 13.3 Å². The number of rotatable bonds is 6. The third-order valence-corrected chi connectivity index (χ3v) is 2.99. The van der Waals surface area contributed by atoms with Crippen molar-refractivity contribution in [2.24, 2.45) is 11.7 Å². The summed E-state index contributed by atoms with van der Waals surface area (Å²) in [6, 6.07) is 1.28. The molecule has 0 heterocycles. The lowest BCUT2D eigenvalue weighted by Crippen LogP contribution is -2.11. The van der Waals surface area contributed by atoms with Gasteiger partial charge in [0.1, 0.15) is 0 Å². The fraction of sp³-hybridized carbons (Fsp3) is 1.00. The first-order valence-corrected chi connectivity index (χ1v) is 5.66. The molecule has 0 aromatic carbocycles. The van der Waals surface area contributed by atoms with Crippen LogP contribution >= 0.6 is 0 Å². The lowest BCUT2D eigenvalue weighted by Gasteiger charge is -2.06. The van der Waals surface area contributed by atoms with Crippen LogP contribution in [0, 0.1) is 5.92 Å². The largest absolute Gasteiger partial charge is 0.424 e. The molecule has 0 aliphatic heterocycles. The van der Waals surface area contributed by atoms with Crippen molar-refractivity contribution in [3.8, 4) is 0 Å². The molecule has 0 aromatic heterocycles. The molecule has 0 aromatic rings. The smallest absolute Gasteiger partial charge is 0.161 e. The molecule has 0 fully saturated rings. The van der Waals surface area contributed by atoms with E-state index in [1.54, 1.807) is 0 Å². The second kappa shape index (κ2) is 7.25. The van der Waals surface area contributed by atoms with Gasteiger partial charge in [0.2, 0.25) is 0 Å². The maximum atomic E-state index is 5.46. The Hall–Kier alpha value is 0.137. The Morgan fingerprint density at radius 2 is 2.30 bits per heavy atom. The van der Waals surface area contributed by atoms with E-state index in [1.807, 2.05) is 0 Å². The minimum absolute atomic E-state index is 0.196. The lowest BCUT2D eigenvalue weighted by molar-refractivity contribution is 0.357. The van der Waals surface area contributed by atoms with Crippen LogP contribution in [0.5, 0.6) is 0 Å². The summed E-state index contributed by atoms with van der Waals surface area (Å²) >= 11 is 0. The van der Waals surface area contributed by atoms with Gasteiger partial charge in [0, 0.05) is 6.61 Å². The number of nitrogens with two attached hydrogens (primary N) is 1. The third-order valence-electron chi connectivity index (χ3n) is 1.59. The van der Waals surface area contributed by atoms with Gasteiger partial charge < -0.3 is 10.2 Å². The topological polar surface area (TPSA) is 35.2 Å². The first-order valence-electron chi connectivity index (χ1n) is 4.09. The van der Waals surface area contributed by atoms with Gasteiger partial charge in [0.05, 0.1) is 0 Å². The van der Waals surface area contributed by atoms with E-state index in [0.717, 1.165) is 13.2 Å². The lowest BCUT2D eigenvalue weighted by atomic mass is 10.1. The second-order valence-corrected chi connectivity index (χ2v) is 4.20. The van der Waals surface area contributed by atoms with Crippen molar-refractivity contribution >= 4 is 9.76 Å². The molecule has 0 saturated carbocycles. The fourth-order valence-corrected chi connectivity index (χ4v) is 2.15. The van der Waals surface area contributed by atoms with Crippen LogP contribution < -0.4 is 5.73 Å². The molecule has 10 heavy (non-hydrogen) atoms. The van der Waals surface area contributed by atoms with Crippen molar-refractivity contribution in [1.82, 2.24) is 0 Å². The van der Waals surface area contributed by atoms with Gasteiger partial charge >= 0.3 is 0 Å². The zero-order chi connectivity index (χ0) is 7.82. The van der Waals surface area contributed by atoms with Crippen LogP contribution in [-0.4, -0.2) is 22.9 Å². The highest BCUT2D eigenvalue weighted by Crippen LogP contribution is 2.02. The van der Waals surface area contributed by atoms with Crippen LogP contribution in [0.2, 0.25) is 6.04 Å². The molecule has 0 aliphatic carbocycles. The van der Waals surface area contributed by atoms with Crippen molar-refractivity contribution in [3.05, 3.63) is 0 Å². The Balaban J connectivity index is 2.89. The van der Waals surface area contributed by atoms with E-state index in [-0.39, 0.29) is 9.76 Å². The van der Waals surface area contributed by atoms with Gasteiger partial charge in [-0.25, -0.2) is 0 Å². The maximum absolute atomic E-state index is 5.46. The van der Waals surface area contributed by atoms with Crippen molar-refractivity contribution in [2.45, 2.75) is 26.3 Å². The van der Waals surface area contributed by atoms with Crippen LogP contribution in [-0.2, 0) is 4.43 Å². The summed E-state index contributed by atoms with van der Waals surface area (Å²) in [6.07, 6.45) is 1.25. The zero-order valence-corrected chi connectivity index (χ0v) is 8.51. The molecular formula is C7H19NOSi. The molecule has 2 nitrogen and oxygen atoms in total. The predicted molar refractivity (Wildman–Crippen MR) is 47.8 cm³/mol. The maximum Gasteiger partial charge on any atom is 0.161 e. The summed E-state index contributed by atoms with van der Waals surface area (Å²) in [7, 11) is -0.196. The Kier molecular flexibility index (Phi) is 7.35. The van der Waals surface area contributed by atoms with Gasteiger partial charge in [-0.05, 0) is 25.4 Å². The van der Waals surface area contributed by atoms with E-state index in [1.165, 1.54) is 12.5 Å². The van der Waals surface area contributed by atoms with Gasteiger partial charge in [0.25, 0.3) is 0 Å². The molecule has 3 heteroatoms. The van der Waals surface area contributed by atoms with Crippen molar-refractivity contribution in [1.29, 1.82) is 0 Å². The second-order valence-electron chi connectivity index (χ2n) is 2.68. The van der Waals surface area contributed by atoms with E-state index < -0.39 is 0 Å². The normalized spacial score (nSPS) is 14.7. The van der Waals surface area contributed by atoms with Crippen LogP contribution in [0.25, 0.3) is 0 Å². The minimum atomic E-state index is -0.196. The molecule has 2 N–H and O–H groups in total. The Labute approximate surface area is 66.1 Å². The molecule has 0 radical (unpaired) electrons. The standard InChI is InChI=1S/C7H19NOSi/c1-3-9-10-5-4-7(2)6-8/h7H,3-6,8,10H2,1-2H3. The van der Waals surface area contributed by atoms with E-state index in [2.05, 4.69) is 13.8 Å². The molecular weight excluding hydrogens is 142 g/mol. The average molecular weight is 161 g/mol. The molecule has 0 saturated heterocycles. The molecule has 0 aliphatic rings.